The fraction of sp³-hybridized carbons (Fsp3) is 0.154. The molecule has 0 unspecified atom stereocenters. The molecule has 0 aliphatic carbocycles. The Hall–Kier alpha value is -2.43. The van der Waals surface area contributed by atoms with E-state index in [-0.39, 0.29) is 6.17 Å². The van der Waals surface area contributed by atoms with E-state index in [1.807, 2.05) is 30.3 Å². The van der Waals surface area contributed by atoms with Crippen molar-refractivity contribution in [3.8, 4) is 11.5 Å². The predicted molar refractivity (Wildman–Crippen MR) is 66.8 cm³/mol. The summed E-state index contributed by atoms with van der Waals surface area (Å²) >= 11 is 0. The lowest BCUT2D eigenvalue weighted by molar-refractivity contribution is 0.174. The first kappa shape index (κ1) is 9.58. The highest BCUT2D eigenvalue weighted by molar-refractivity contribution is 5.71. The second-order valence-corrected chi connectivity index (χ2v) is 4.23. The number of anilines is 2. The van der Waals surface area contributed by atoms with E-state index in [0.717, 1.165) is 28.6 Å². The van der Waals surface area contributed by atoms with Gasteiger partial charge in [-0.05, 0) is 29.8 Å². The van der Waals surface area contributed by atoms with Crippen LogP contribution in [0.25, 0.3) is 0 Å². The molecule has 1 atom stereocenters. The average Bonchev–Trinajstić information content (AvgIpc) is 3.04. The quantitative estimate of drug-likeness (QED) is 0.802. The molecule has 1 aromatic carbocycles. The predicted octanol–water partition coefficient (Wildman–Crippen LogP) is 2.35. The van der Waals surface area contributed by atoms with E-state index >= 15 is 0 Å². The number of aromatic nitrogens is 1. The number of rotatable bonds is 1. The van der Waals surface area contributed by atoms with Crippen molar-refractivity contribution in [1.82, 2.24) is 4.98 Å². The minimum Gasteiger partial charge on any atom is -0.454 e. The lowest BCUT2D eigenvalue weighted by Crippen LogP contribution is -2.12. The Kier molecular flexibility index (Phi) is 1.88. The Labute approximate surface area is 104 Å². The molecule has 2 aliphatic rings. The van der Waals surface area contributed by atoms with E-state index in [2.05, 4.69) is 15.6 Å². The molecule has 18 heavy (non-hydrogen) atoms. The van der Waals surface area contributed by atoms with Crippen molar-refractivity contribution in [3.63, 3.8) is 0 Å². The maximum Gasteiger partial charge on any atom is 0.231 e. The van der Waals surface area contributed by atoms with Crippen LogP contribution in [-0.2, 0) is 0 Å². The van der Waals surface area contributed by atoms with Gasteiger partial charge in [0.1, 0.15) is 6.17 Å². The topological polar surface area (TPSA) is 55.4 Å². The van der Waals surface area contributed by atoms with E-state index in [0.29, 0.717) is 6.79 Å². The molecule has 0 amide bonds. The summed E-state index contributed by atoms with van der Waals surface area (Å²) in [5.41, 5.74) is 2.11. The Balaban J connectivity index is 1.66. The first-order valence-electron chi connectivity index (χ1n) is 5.78. The molecule has 2 N–H and O–H groups in total. The summed E-state index contributed by atoms with van der Waals surface area (Å²) in [4.78, 5) is 4.28. The molecule has 2 aromatic rings. The van der Waals surface area contributed by atoms with E-state index < -0.39 is 0 Å². The molecule has 90 valence electrons. The van der Waals surface area contributed by atoms with Crippen LogP contribution in [0.15, 0.2) is 36.5 Å². The van der Waals surface area contributed by atoms with Gasteiger partial charge in [-0.25, -0.2) is 4.98 Å². The van der Waals surface area contributed by atoms with Crippen LogP contribution < -0.4 is 20.1 Å². The van der Waals surface area contributed by atoms with E-state index in [4.69, 9.17) is 9.47 Å². The van der Waals surface area contributed by atoms with Gasteiger partial charge in [-0.2, -0.15) is 0 Å². The molecule has 0 radical (unpaired) electrons. The minimum atomic E-state index is 0.0180. The van der Waals surface area contributed by atoms with Crippen molar-refractivity contribution in [1.29, 1.82) is 0 Å². The van der Waals surface area contributed by atoms with Crippen molar-refractivity contribution in [2.24, 2.45) is 0 Å². The molecule has 4 rings (SSSR count). The van der Waals surface area contributed by atoms with E-state index in [1.165, 1.54) is 0 Å². The summed E-state index contributed by atoms with van der Waals surface area (Å²) in [6.07, 6.45) is 1.79. The molecule has 0 fully saturated rings. The molecular weight excluding hydrogens is 230 g/mol. The number of benzene rings is 1. The van der Waals surface area contributed by atoms with Gasteiger partial charge in [0.25, 0.3) is 0 Å². The first-order valence-corrected chi connectivity index (χ1v) is 5.78. The summed E-state index contributed by atoms with van der Waals surface area (Å²) in [6.45, 7) is 0.298. The highest BCUT2D eigenvalue weighted by Gasteiger charge is 2.23. The summed E-state index contributed by atoms with van der Waals surface area (Å²) in [7, 11) is 0. The maximum atomic E-state index is 5.38. The van der Waals surface area contributed by atoms with Crippen LogP contribution in [-0.4, -0.2) is 11.8 Å². The monoisotopic (exact) mass is 241 g/mol. The normalized spacial score (nSPS) is 19.0. The van der Waals surface area contributed by atoms with Crippen LogP contribution >= 0.6 is 0 Å². The molecule has 0 spiro atoms. The van der Waals surface area contributed by atoms with Gasteiger partial charge >= 0.3 is 0 Å². The second-order valence-electron chi connectivity index (χ2n) is 4.23. The molecule has 1 aromatic heterocycles. The zero-order valence-electron chi connectivity index (χ0n) is 9.51. The third-order valence-corrected chi connectivity index (χ3v) is 3.12. The van der Waals surface area contributed by atoms with Crippen molar-refractivity contribution in [2.45, 2.75) is 6.17 Å². The minimum absolute atomic E-state index is 0.0180. The van der Waals surface area contributed by atoms with Crippen LogP contribution in [0.3, 0.4) is 0 Å². The van der Waals surface area contributed by atoms with E-state index in [9.17, 15) is 0 Å². The fourth-order valence-electron chi connectivity index (χ4n) is 2.22. The maximum absolute atomic E-state index is 5.38. The van der Waals surface area contributed by atoms with Crippen LogP contribution in [0.5, 0.6) is 11.5 Å². The average molecular weight is 241 g/mol. The van der Waals surface area contributed by atoms with Crippen molar-refractivity contribution in [3.05, 3.63) is 42.1 Å². The molecule has 0 saturated heterocycles. The fourth-order valence-corrected chi connectivity index (χ4v) is 2.22. The zero-order valence-corrected chi connectivity index (χ0v) is 9.51. The number of hydrogen-bond acceptors (Lipinski definition) is 5. The Morgan fingerprint density at radius 1 is 1.11 bits per heavy atom. The molecular formula is C13H11N3O2. The van der Waals surface area contributed by atoms with Crippen molar-refractivity contribution >= 4 is 11.5 Å². The van der Waals surface area contributed by atoms with Crippen LogP contribution in [0.2, 0.25) is 0 Å². The smallest absolute Gasteiger partial charge is 0.231 e. The lowest BCUT2D eigenvalue weighted by Gasteiger charge is -2.12. The third kappa shape index (κ3) is 1.37. The summed E-state index contributed by atoms with van der Waals surface area (Å²) in [5.74, 6) is 2.47. The summed E-state index contributed by atoms with van der Waals surface area (Å²) in [5, 5.41) is 6.70. The highest BCUT2D eigenvalue weighted by atomic mass is 16.7. The van der Waals surface area contributed by atoms with Gasteiger partial charge in [-0.3, -0.25) is 0 Å². The van der Waals surface area contributed by atoms with Gasteiger partial charge in [0.2, 0.25) is 6.79 Å². The highest BCUT2D eigenvalue weighted by Crippen LogP contribution is 2.38. The van der Waals surface area contributed by atoms with Crippen molar-refractivity contribution in [2.75, 3.05) is 17.4 Å². The van der Waals surface area contributed by atoms with Gasteiger partial charge in [0, 0.05) is 6.20 Å². The van der Waals surface area contributed by atoms with Gasteiger partial charge in [0.15, 0.2) is 17.3 Å². The number of nitrogens with zero attached hydrogens (tertiary/aromatic N) is 1. The van der Waals surface area contributed by atoms with Crippen LogP contribution in [0.4, 0.5) is 11.5 Å². The molecule has 0 saturated carbocycles. The lowest BCUT2D eigenvalue weighted by atomic mass is 10.1. The summed E-state index contributed by atoms with van der Waals surface area (Å²) in [6, 6.07) is 9.85. The zero-order chi connectivity index (χ0) is 11.9. The number of ether oxygens (including phenoxy) is 2. The largest absolute Gasteiger partial charge is 0.454 e. The molecule has 5 nitrogen and oxygen atoms in total. The number of nitrogens with one attached hydrogen (secondary N) is 2. The molecule has 2 aliphatic heterocycles. The number of pyridine rings is 1. The number of hydrogen-bond donors (Lipinski definition) is 2. The molecule has 5 heteroatoms. The van der Waals surface area contributed by atoms with Gasteiger partial charge in [-0.15, -0.1) is 0 Å². The van der Waals surface area contributed by atoms with Crippen LogP contribution in [0, 0.1) is 0 Å². The first-order chi connectivity index (χ1) is 8.90. The van der Waals surface area contributed by atoms with Gasteiger partial charge < -0.3 is 20.1 Å². The number of fused-ring (bicyclic) bond motifs is 2. The molecule has 0 bridgehead atoms. The second kappa shape index (κ2) is 3.53. The summed E-state index contributed by atoms with van der Waals surface area (Å²) < 4.78 is 10.7. The van der Waals surface area contributed by atoms with Gasteiger partial charge in [0.05, 0.1) is 5.69 Å². The Morgan fingerprint density at radius 2 is 2.06 bits per heavy atom. The van der Waals surface area contributed by atoms with Gasteiger partial charge in [-0.1, -0.05) is 6.07 Å². The van der Waals surface area contributed by atoms with Crippen molar-refractivity contribution < 1.29 is 9.47 Å². The standard InChI is InChI=1S/C13H11N3O2/c1-2-9-13(14-5-1)16-12(15-9)8-3-4-10-11(6-8)18-7-17-10/h1-6,12,15H,7H2,(H,14,16)/t12-/m0/s1. The molecule has 3 heterocycles. The van der Waals surface area contributed by atoms with Crippen LogP contribution in [0.1, 0.15) is 11.7 Å². The van der Waals surface area contributed by atoms with E-state index in [1.54, 1.807) is 6.20 Å². The Morgan fingerprint density at radius 3 is 3.00 bits per heavy atom. The third-order valence-electron chi connectivity index (χ3n) is 3.12. The Bertz CT molecular complexity index is 590. The SMILES string of the molecule is c1cnc2c(c1)N[C@H](c1ccc3c(c1)OCO3)N2.